The van der Waals surface area contributed by atoms with Gasteiger partial charge in [-0.25, -0.2) is 4.79 Å². The lowest BCUT2D eigenvalue weighted by molar-refractivity contribution is -0.143. The number of nitrogens with one attached hydrogen (secondary N) is 3. The largest absolute Gasteiger partial charge is 0.480 e. The van der Waals surface area contributed by atoms with Crippen LogP contribution in [-0.4, -0.2) is 64.7 Å². The first-order valence-corrected chi connectivity index (χ1v) is 12.2. The van der Waals surface area contributed by atoms with Crippen molar-refractivity contribution in [1.82, 2.24) is 16.0 Å². The average Bonchev–Trinajstić information content (AvgIpc) is 2.86. The van der Waals surface area contributed by atoms with Crippen LogP contribution in [0, 0.1) is 5.92 Å². The third kappa shape index (κ3) is 10.0. The number of hydrogen-bond donors (Lipinski definition) is 6. The van der Waals surface area contributed by atoms with Gasteiger partial charge in [-0.2, -0.15) is 0 Å². The average molecular weight is 513 g/mol. The maximum Gasteiger partial charge on any atom is 0.328 e. The SMILES string of the molecule is CC(C)CC(N)C(=O)NC(Cc1ccccc1)C(=O)NC(Cc1ccccc1)C(=O)NC(CO)C(=O)O. The predicted octanol–water partition coefficient (Wildman–Crippen LogP) is 0.377. The maximum absolute atomic E-state index is 13.4. The van der Waals surface area contributed by atoms with Gasteiger partial charge in [0.2, 0.25) is 17.7 Å². The van der Waals surface area contributed by atoms with E-state index < -0.39 is 54.5 Å². The van der Waals surface area contributed by atoms with Gasteiger partial charge in [0.05, 0.1) is 12.6 Å². The number of amides is 3. The van der Waals surface area contributed by atoms with Gasteiger partial charge >= 0.3 is 5.97 Å². The number of nitrogens with two attached hydrogens (primary N) is 1. The fourth-order valence-corrected chi connectivity index (χ4v) is 3.74. The Balaban J connectivity index is 2.27. The van der Waals surface area contributed by atoms with Gasteiger partial charge in [0.1, 0.15) is 18.1 Å². The van der Waals surface area contributed by atoms with E-state index in [1.165, 1.54) is 0 Å². The minimum absolute atomic E-state index is 0.0645. The molecule has 0 fully saturated rings. The number of carbonyl (C=O) groups excluding carboxylic acids is 3. The van der Waals surface area contributed by atoms with Crippen molar-refractivity contribution in [2.45, 2.75) is 57.3 Å². The summed E-state index contributed by atoms with van der Waals surface area (Å²) in [5.41, 5.74) is 7.53. The zero-order chi connectivity index (χ0) is 27.4. The van der Waals surface area contributed by atoms with Gasteiger partial charge in [-0.3, -0.25) is 14.4 Å². The number of rotatable bonds is 14. The molecule has 3 amide bonds. The zero-order valence-electron chi connectivity index (χ0n) is 21.1. The second-order valence-corrected chi connectivity index (χ2v) is 9.32. The molecule has 7 N–H and O–H groups in total. The predicted molar refractivity (Wildman–Crippen MR) is 138 cm³/mol. The van der Waals surface area contributed by atoms with E-state index in [2.05, 4.69) is 16.0 Å². The maximum atomic E-state index is 13.4. The number of aliphatic carboxylic acids is 1. The first kappa shape index (κ1) is 29.5. The lowest BCUT2D eigenvalue weighted by Gasteiger charge is -2.25. The van der Waals surface area contributed by atoms with Gasteiger partial charge in [-0.1, -0.05) is 74.5 Å². The smallest absolute Gasteiger partial charge is 0.328 e. The summed E-state index contributed by atoms with van der Waals surface area (Å²) in [7, 11) is 0. The number of carboxylic acid groups (broad SMARTS) is 1. The molecule has 37 heavy (non-hydrogen) atoms. The molecule has 10 heteroatoms. The summed E-state index contributed by atoms with van der Waals surface area (Å²) < 4.78 is 0. The summed E-state index contributed by atoms with van der Waals surface area (Å²) in [6.45, 7) is 3.06. The van der Waals surface area contributed by atoms with Gasteiger partial charge in [-0.05, 0) is 23.5 Å². The lowest BCUT2D eigenvalue weighted by Crippen LogP contribution is -2.58. The van der Waals surface area contributed by atoms with Crippen LogP contribution in [0.5, 0.6) is 0 Å². The summed E-state index contributed by atoms with van der Waals surface area (Å²) in [6, 6.07) is 13.4. The van der Waals surface area contributed by atoms with Crippen molar-refractivity contribution in [3.63, 3.8) is 0 Å². The van der Waals surface area contributed by atoms with Crippen LogP contribution in [0.15, 0.2) is 60.7 Å². The highest BCUT2D eigenvalue weighted by Gasteiger charge is 2.30. The van der Waals surface area contributed by atoms with Crippen LogP contribution >= 0.6 is 0 Å². The van der Waals surface area contributed by atoms with Crippen LogP contribution < -0.4 is 21.7 Å². The van der Waals surface area contributed by atoms with Crippen LogP contribution in [0.3, 0.4) is 0 Å². The molecule has 200 valence electrons. The highest BCUT2D eigenvalue weighted by Crippen LogP contribution is 2.09. The molecule has 0 aliphatic heterocycles. The number of aliphatic hydroxyl groups excluding tert-OH is 1. The molecule has 0 aliphatic carbocycles. The van der Waals surface area contributed by atoms with Crippen molar-refractivity contribution in [3.8, 4) is 0 Å². The van der Waals surface area contributed by atoms with Crippen LogP contribution in [0.4, 0.5) is 0 Å². The van der Waals surface area contributed by atoms with E-state index in [0.717, 1.165) is 11.1 Å². The van der Waals surface area contributed by atoms with Gasteiger partial charge in [0.15, 0.2) is 0 Å². The number of carbonyl (C=O) groups is 4. The molecule has 0 saturated carbocycles. The van der Waals surface area contributed by atoms with E-state index in [1.54, 1.807) is 30.3 Å². The Kier molecular flexibility index (Phi) is 11.7. The van der Waals surface area contributed by atoms with Crippen molar-refractivity contribution < 1.29 is 29.4 Å². The van der Waals surface area contributed by atoms with E-state index in [0.29, 0.717) is 6.42 Å². The van der Waals surface area contributed by atoms with Crippen molar-refractivity contribution >= 4 is 23.7 Å². The Hall–Kier alpha value is -3.76. The van der Waals surface area contributed by atoms with Crippen molar-refractivity contribution in [3.05, 3.63) is 71.8 Å². The highest BCUT2D eigenvalue weighted by atomic mass is 16.4. The summed E-state index contributed by atoms with van der Waals surface area (Å²) in [5.74, 6) is -3.12. The lowest BCUT2D eigenvalue weighted by atomic mass is 10.0. The van der Waals surface area contributed by atoms with E-state index in [-0.39, 0.29) is 18.8 Å². The second kappa shape index (κ2) is 14.7. The molecule has 2 aromatic rings. The van der Waals surface area contributed by atoms with Crippen LogP contribution in [0.2, 0.25) is 0 Å². The summed E-state index contributed by atoms with van der Waals surface area (Å²) >= 11 is 0. The Labute approximate surface area is 216 Å². The standard InChI is InChI=1S/C27H36N4O6/c1-17(2)13-20(28)24(33)29-21(14-18-9-5-3-6-10-18)25(34)30-22(15-19-11-7-4-8-12-19)26(35)31-23(16-32)27(36)37/h3-12,17,20-23,32H,13-16,28H2,1-2H3,(H,29,33)(H,30,34)(H,31,35)(H,36,37). The molecule has 10 nitrogen and oxygen atoms in total. The van der Waals surface area contributed by atoms with Crippen molar-refractivity contribution in [2.75, 3.05) is 6.61 Å². The third-order valence-electron chi connectivity index (χ3n) is 5.69. The van der Waals surface area contributed by atoms with Crippen molar-refractivity contribution in [1.29, 1.82) is 0 Å². The molecule has 0 aromatic heterocycles. The molecular weight excluding hydrogens is 476 g/mol. The third-order valence-corrected chi connectivity index (χ3v) is 5.69. The van der Waals surface area contributed by atoms with Crippen LogP contribution in [0.1, 0.15) is 31.4 Å². The molecule has 2 aromatic carbocycles. The van der Waals surface area contributed by atoms with E-state index >= 15 is 0 Å². The molecule has 0 saturated heterocycles. The minimum Gasteiger partial charge on any atom is -0.480 e. The first-order valence-electron chi connectivity index (χ1n) is 12.2. The van der Waals surface area contributed by atoms with E-state index in [4.69, 9.17) is 5.73 Å². The van der Waals surface area contributed by atoms with Gasteiger partial charge < -0.3 is 31.9 Å². The molecule has 2 rings (SSSR count). The topological polar surface area (TPSA) is 171 Å². The Bertz CT molecular complexity index is 1030. The molecule has 4 atom stereocenters. The van der Waals surface area contributed by atoms with Gasteiger partial charge in [0.25, 0.3) is 0 Å². The van der Waals surface area contributed by atoms with Gasteiger partial charge in [-0.15, -0.1) is 0 Å². The monoisotopic (exact) mass is 512 g/mol. The second-order valence-electron chi connectivity index (χ2n) is 9.32. The molecule has 0 aliphatic rings. The fraction of sp³-hybridized carbons (Fsp3) is 0.407. The molecular formula is C27H36N4O6. The quantitative estimate of drug-likeness (QED) is 0.212. The van der Waals surface area contributed by atoms with Gasteiger partial charge in [0, 0.05) is 12.8 Å². The molecule has 0 spiro atoms. The molecule has 0 radical (unpaired) electrons. The number of aliphatic hydroxyl groups is 1. The first-order chi connectivity index (χ1) is 17.6. The number of carboxylic acids is 1. The zero-order valence-corrected chi connectivity index (χ0v) is 21.1. The molecule has 4 unspecified atom stereocenters. The summed E-state index contributed by atoms with van der Waals surface area (Å²) in [4.78, 5) is 50.5. The fourth-order valence-electron chi connectivity index (χ4n) is 3.74. The Morgan fingerprint density at radius 2 is 1.14 bits per heavy atom. The minimum atomic E-state index is -1.53. The summed E-state index contributed by atoms with van der Waals surface area (Å²) in [5, 5.41) is 26.2. The van der Waals surface area contributed by atoms with Crippen LogP contribution in [-0.2, 0) is 32.0 Å². The van der Waals surface area contributed by atoms with Crippen molar-refractivity contribution in [2.24, 2.45) is 11.7 Å². The highest BCUT2D eigenvalue weighted by molar-refractivity contribution is 5.94. The summed E-state index contributed by atoms with van der Waals surface area (Å²) in [6.07, 6.45) is 0.651. The Morgan fingerprint density at radius 3 is 1.51 bits per heavy atom. The Morgan fingerprint density at radius 1 is 0.730 bits per heavy atom. The number of hydrogen-bond acceptors (Lipinski definition) is 6. The number of benzene rings is 2. The van der Waals surface area contributed by atoms with E-state index in [9.17, 15) is 29.4 Å². The molecule has 0 bridgehead atoms. The molecule has 0 heterocycles. The van der Waals surface area contributed by atoms with E-state index in [1.807, 2.05) is 44.2 Å². The normalized spacial score (nSPS) is 14.2. The van der Waals surface area contributed by atoms with Crippen LogP contribution in [0.25, 0.3) is 0 Å².